The standard InChI is InChI=1S/7Ca.H4O7P2.14H/c;;;;;;;1-8(2,3)7-9(4,5)6;;;;;;;;;;;;;;/h;;;;;;;(H2,1,2,3)(H2,4,5,6);;;;;;;;;;;;;;. The second-order valence-corrected chi connectivity index (χ2v) is 3.68. The molecule has 0 fully saturated rings. The van der Waals surface area contributed by atoms with Crippen LogP contribution in [0, 0.1) is 0 Å². The summed E-state index contributed by atoms with van der Waals surface area (Å²) in [4.78, 5) is 31.0. The molecule has 0 bridgehead atoms. The molecule has 16 heavy (non-hydrogen) atoms. The average molecular weight is 473 g/mol. The molecule has 0 saturated heterocycles. The minimum absolute atomic E-state index is 0. The molecule has 0 aromatic carbocycles. The Bertz CT molecular complexity index is 163. The summed E-state index contributed by atoms with van der Waals surface area (Å²) >= 11 is 0. The van der Waals surface area contributed by atoms with E-state index in [-0.39, 0.29) is 264 Å². The summed E-state index contributed by atoms with van der Waals surface area (Å²) in [6.45, 7) is 0. The Labute approximate surface area is 303 Å². The van der Waals surface area contributed by atoms with Crippen LogP contribution < -0.4 is 0 Å². The Balaban J connectivity index is -0.0000000152. The van der Waals surface area contributed by atoms with Gasteiger partial charge in [0.2, 0.25) is 0 Å². The average Bonchev–Trinajstić information content (AvgIpc) is 1.14. The molecule has 0 heterocycles. The second kappa shape index (κ2) is 26.3. The maximum atomic E-state index is 9.63. The summed E-state index contributed by atoms with van der Waals surface area (Å²) in [5.41, 5.74) is 0. The van der Waals surface area contributed by atoms with E-state index >= 15 is 0 Å². The summed E-state index contributed by atoms with van der Waals surface area (Å²) < 4.78 is 22.2. The first-order valence-corrected chi connectivity index (χ1v) is 4.59. The van der Waals surface area contributed by atoms with Gasteiger partial charge in [0.1, 0.15) is 0 Å². The Morgan fingerprint density at radius 1 is 0.562 bits per heavy atom. The summed E-state index contributed by atoms with van der Waals surface area (Å²) in [6, 6.07) is 0. The normalized spacial score (nSPS) is 7.75. The zero-order valence-corrected chi connectivity index (χ0v) is 5.70. The summed E-state index contributed by atoms with van der Waals surface area (Å²) in [5.74, 6) is 0. The molecule has 84 valence electrons. The Morgan fingerprint density at radius 2 is 0.688 bits per heavy atom. The van der Waals surface area contributed by atoms with Crippen LogP contribution in [0.15, 0.2) is 0 Å². The van der Waals surface area contributed by atoms with Crippen molar-refractivity contribution in [3.05, 3.63) is 0 Å². The van der Waals surface area contributed by atoms with Crippen molar-refractivity contribution < 1.29 is 33.0 Å². The SMILES string of the molecule is O=P(O)(O)OP(=O)(O)O.[CaH2].[CaH2].[CaH2].[CaH2].[CaH2].[CaH2].[CaH2]. The zero-order chi connectivity index (χ0) is 7.71. The quantitative estimate of drug-likeness (QED) is 0.233. The third kappa shape index (κ3) is 49.5. The van der Waals surface area contributed by atoms with Crippen LogP contribution in [0.3, 0.4) is 0 Å². The van der Waals surface area contributed by atoms with Crippen LogP contribution in [0.25, 0.3) is 0 Å². The van der Waals surface area contributed by atoms with E-state index in [2.05, 4.69) is 4.31 Å². The van der Waals surface area contributed by atoms with Gasteiger partial charge in [0.25, 0.3) is 0 Å². The van der Waals surface area contributed by atoms with E-state index in [9.17, 15) is 9.13 Å². The molecule has 0 aliphatic carbocycles. The van der Waals surface area contributed by atoms with Crippen molar-refractivity contribution in [1.29, 1.82) is 0 Å². The number of phosphoric acid groups is 2. The fraction of sp³-hybridized carbons (Fsp3) is 0. The fourth-order valence-corrected chi connectivity index (χ4v) is 1.25. The van der Waals surface area contributed by atoms with Crippen LogP contribution in [0.4, 0.5) is 0 Å². The molecule has 0 unspecified atom stereocenters. The second-order valence-electron chi connectivity index (χ2n) is 1.06. The van der Waals surface area contributed by atoms with Gasteiger partial charge in [-0.3, -0.25) is 0 Å². The van der Waals surface area contributed by atoms with E-state index in [1.54, 1.807) is 0 Å². The molecule has 0 rings (SSSR count). The molecule has 4 N–H and O–H groups in total. The van der Waals surface area contributed by atoms with Crippen LogP contribution in [0.1, 0.15) is 0 Å². The molecule has 7 nitrogen and oxygen atoms in total. The minimum atomic E-state index is -5.05. The summed E-state index contributed by atoms with van der Waals surface area (Å²) in [5, 5.41) is 0. The molecule has 16 heteroatoms. The van der Waals surface area contributed by atoms with Gasteiger partial charge in [-0.2, -0.15) is 4.31 Å². The maximum absolute atomic E-state index is 9.63. The van der Waals surface area contributed by atoms with Crippen molar-refractivity contribution >= 4 is 280 Å². The molecular formula is H18Ca7O7P2. The van der Waals surface area contributed by atoms with Gasteiger partial charge in [-0.05, 0) is 0 Å². The Morgan fingerprint density at radius 3 is 0.688 bits per heavy atom. The molecular weight excluding hydrogens is 454 g/mol. The van der Waals surface area contributed by atoms with E-state index in [0.717, 1.165) is 0 Å². The molecule has 0 saturated carbocycles. The molecule has 0 aromatic rings. The van der Waals surface area contributed by atoms with Gasteiger partial charge in [-0.15, -0.1) is 0 Å². The third-order valence-electron chi connectivity index (χ3n) is 0.213. The number of rotatable bonds is 2. The third-order valence-corrected chi connectivity index (χ3v) is 1.91. The fourth-order valence-electron chi connectivity index (χ4n) is 0.139. The van der Waals surface area contributed by atoms with Gasteiger partial charge in [-0.25, -0.2) is 9.13 Å². The number of hydrogen-bond donors (Lipinski definition) is 4. The van der Waals surface area contributed by atoms with Crippen molar-refractivity contribution in [2.24, 2.45) is 0 Å². The van der Waals surface area contributed by atoms with Gasteiger partial charge >= 0.3 is 280 Å². The first-order valence-electron chi connectivity index (χ1n) is 1.53. The van der Waals surface area contributed by atoms with Crippen molar-refractivity contribution in [2.45, 2.75) is 0 Å². The topological polar surface area (TPSA) is 124 Å². The molecule has 0 spiro atoms. The van der Waals surface area contributed by atoms with Crippen LogP contribution in [0.5, 0.6) is 0 Å². The first-order chi connectivity index (χ1) is 3.71. The van der Waals surface area contributed by atoms with Crippen molar-refractivity contribution in [2.75, 3.05) is 0 Å². The van der Waals surface area contributed by atoms with Crippen molar-refractivity contribution in [3.8, 4) is 0 Å². The molecule has 0 aliphatic rings. The van der Waals surface area contributed by atoms with E-state index in [1.807, 2.05) is 0 Å². The molecule has 0 amide bonds. The van der Waals surface area contributed by atoms with Crippen LogP contribution >= 0.6 is 15.6 Å². The van der Waals surface area contributed by atoms with Crippen molar-refractivity contribution in [1.82, 2.24) is 0 Å². The van der Waals surface area contributed by atoms with E-state index < -0.39 is 15.6 Å². The van der Waals surface area contributed by atoms with Gasteiger partial charge in [0.05, 0.1) is 0 Å². The van der Waals surface area contributed by atoms with Gasteiger partial charge < -0.3 is 19.6 Å². The monoisotopic (exact) mass is 472 g/mol. The van der Waals surface area contributed by atoms with Gasteiger partial charge in [0.15, 0.2) is 0 Å². The summed E-state index contributed by atoms with van der Waals surface area (Å²) in [6.07, 6.45) is 0. The molecule has 0 aromatic heterocycles. The molecule has 0 aliphatic heterocycles. The van der Waals surface area contributed by atoms with Gasteiger partial charge in [0, 0.05) is 0 Å². The number of hydrogen-bond acceptors (Lipinski definition) is 3. The Kier molecular flexibility index (Phi) is 82.0. The Hall–Kier alpha value is 9.08. The van der Waals surface area contributed by atoms with Crippen LogP contribution in [-0.4, -0.2) is 284 Å². The molecule has 0 atom stereocenters. The van der Waals surface area contributed by atoms with Crippen molar-refractivity contribution in [3.63, 3.8) is 0 Å². The van der Waals surface area contributed by atoms with E-state index in [1.165, 1.54) is 0 Å². The van der Waals surface area contributed by atoms with E-state index in [0.29, 0.717) is 0 Å². The van der Waals surface area contributed by atoms with Gasteiger partial charge in [-0.1, -0.05) is 0 Å². The first kappa shape index (κ1) is 49.8. The predicted molar refractivity (Wildman–Crippen MR) is 85.0 cm³/mol. The molecule has 0 radical (unpaired) electrons. The predicted octanol–water partition coefficient (Wildman–Crippen LogP) is -7.22. The van der Waals surface area contributed by atoms with Crippen LogP contribution in [-0.2, 0) is 13.4 Å². The van der Waals surface area contributed by atoms with E-state index in [4.69, 9.17) is 19.6 Å². The van der Waals surface area contributed by atoms with Crippen LogP contribution in [0.2, 0.25) is 0 Å². The summed E-state index contributed by atoms with van der Waals surface area (Å²) in [7, 11) is -10.1. The zero-order valence-electron chi connectivity index (χ0n) is 3.91.